The van der Waals surface area contributed by atoms with Crippen molar-refractivity contribution >= 4 is 17.7 Å². The summed E-state index contributed by atoms with van der Waals surface area (Å²) in [4.78, 5) is 14.8. The number of anilines is 1. The van der Waals surface area contributed by atoms with Gasteiger partial charge in [-0.1, -0.05) is 70.0 Å². The fraction of sp³-hybridized carbons (Fsp3) is 0.423. The molecular formula is C26H32N2O2. The van der Waals surface area contributed by atoms with Gasteiger partial charge in [0.1, 0.15) is 11.4 Å². The molecule has 4 rings (SSSR count). The molecule has 1 N–H and O–H groups in total. The Hall–Kier alpha value is -2.75. The van der Waals surface area contributed by atoms with E-state index in [0.717, 1.165) is 30.9 Å². The maximum atomic E-state index is 12.5. The number of hydrogen-bond donors (Lipinski definition) is 1. The summed E-state index contributed by atoms with van der Waals surface area (Å²) < 4.78 is 5.92. The zero-order valence-corrected chi connectivity index (χ0v) is 18.3. The molecule has 30 heavy (non-hydrogen) atoms. The second kappa shape index (κ2) is 8.17. The van der Waals surface area contributed by atoms with Crippen molar-refractivity contribution in [2.45, 2.75) is 57.5 Å². The minimum atomic E-state index is -0.579. The van der Waals surface area contributed by atoms with Crippen LogP contribution in [-0.2, 0) is 10.2 Å². The lowest BCUT2D eigenvalue weighted by molar-refractivity contribution is -0.124. The van der Waals surface area contributed by atoms with E-state index in [9.17, 15) is 4.79 Å². The molecule has 2 aliphatic rings. The normalized spacial score (nSPS) is 22.0. The van der Waals surface area contributed by atoms with Gasteiger partial charge in [0.15, 0.2) is 0 Å². The predicted molar refractivity (Wildman–Crippen MR) is 123 cm³/mol. The summed E-state index contributed by atoms with van der Waals surface area (Å²) in [6.45, 7) is 8.10. The Morgan fingerprint density at radius 1 is 1.13 bits per heavy atom. The topological polar surface area (TPSA) is 41.6 Å². The summed E-state index contributed by atoms with van der Waals surface area (Å²) in [6, 6.07) is 16.7. The van der Waals surface area contributed by atoms with Gasteiger partial charge in [-0.3, -0.25) is 4.79 Å². The highest BCUT2D eigenvalue weighted by molar-refractivity contribution is 5.84. The Labute approximate surface area is 179 Å². The Balaban J connectivity index is 1.64. The molecule has 2 aliphatic heterocycles. The second-order valence-corrected chi connectivity index (χ2v) is 8.82. The first-order chi connectivity index (χ1) is 14.5. The molecule has 0 bridgehead atoms. The van der Waals surface area contributed by atoms with Crippen molar-refractivity contribution in [2.75, 3.05) is 18.1 Å². The maximum absolute atomic E-state index is 12.5. The molecule has 0 aromatic heterocycles. The molecule has 1 amide bonds. The Morgan fingerprint density at radius 2 is 1.97 bits per heavy atom. The smallest absolute Gasteiger partial charge is 0.223 e. The molecule has 2 heterocycles. The highest BCUT2D eigenvalue weighted by Crippen LogP contribution is 2.52. The van der Waals surface area contributed by atoms with Gasteiger partial charge in [0, 0.05) is 24.1 Å². The number of fused-ring (bicyclic) bond motifs is 3. The van der Waals surface area contributed by atoms with E-state index in [1.165, 1.54) is 24.1 Å². The SMILES string of the molecule is CCCCCOc1cccc(C=CC23NC(=O)CCN2c2ccccc2C3(C)C)c1. The number of carbonyl (C=O) groups is 1. The third-order valence-electron chi connectivity index (χ3n) is 6.53. The molecule has 1 unspecified atom stereocenters. The van der Waals surface area contributed by atoms with Crippen molar-refractivity contribution in [3.8, 4) is 5.75 Å². The van der Waals surface area contributed by atoms with Gasteiger partial charge < -0.3 is 15.0 Å². The van der Waals surface area contributed by atoms with E-state index in [4.69, 9.17) is 4.74 Å². The van der Waals surface area contributed by atoms with E-state index in [2.05, 4.69) is 79.5 Å². The minimum absolute atomic E-state index is 0.102. The van der Waals surface area contributed by atoms with Crippen LogP contribution in [0.1, 0.15) is 57.6 Å². The van der Waals surface area contributed by atoms with Crippen molar-refractivity contribution in [1.29, 1.82) is 0 Å². The lowest BCUT2D eigenvalue weighted by Gasteiger charge is -2.49. The molecule has 1 atom stereocenters. The number of rotatable bonds is 7. The molecule has 2 aromatic rings. The molecule has 0 saturated carbocycles. The fourth-order valence-electron chi connectivity index (χ4n) is 4.79. The van der Waals surface area contributed by atoms with Gasteiger partial charge in [-0.05, 0) is 41.8 Å². The molecular weight excluding hydrogens is 372 g/mol. The number of carbonyl (C=O) groups excluding carboxylic acids is 1. The number of amides is 1. The average Bonchev–Trinajstić information content (AvgIpc) is 2.94. The van der Waals surface area contributed by atoms with Gasteiger partial charge in [-0.25, -0.2) is 0 Å². The van der Waals surface area contributed by atoms with Crippen LogP contribution in [0.15, 0.2) is 54.6 Å². The van der Waals surface area contributed by atoms with E-state index in [0.29, 0.717) is 6.42 Å². The number of unbranched alkanes of at least 4 members (excludes halogenated alkanes) is 2. The average molecular weight is 405 g/mol. The molecule has 1 saturated heterocycles. The largest absolute Gasteiger partial charge is 0.494 e. The summed E-state index contributed by atoms with van der Waals surface area (Å²) in [5.41, 5.74) is 2.71. The van der Waals surface area contributed by atoms with Crippen LogP contribution in [0.3, 0.4) is 0 Å². The standard InChI is InChI=1S/C26H32N2O2/c1-4-5-8-18-30-21-11-9-10-20(19-21)14-16-26-25(2,3)22-12-6-7-13-23(22)28(26)17-15-24(29)27-26/h6-7,9-14,16,19H,4-5,8,15,17-18H2,1-3H3,(H,27,29). The van der Waals surface area contributed by atoms with Crippen LogP contribution in [0.25, 0.3) is 6.08 Å². The maximum Gasteiger partial charge on any atom is 0.223 e. The van der Waals surface area contributed by atoms with Gasteiger partial charge >= 0.3 is 0 Å². The van der Waals surface area contributed by atoms with Gasteiger partial charge in [-0.15, -0.1) is 0 Å². The highest BCUT2D eigenvalue weighted by Gasteiger charge is 2.57. The third kappa shape index (κ3) is 3.49. The predicted octanol–water partition coefficient (Wildman–Crippen LogP) is 5.28. The lowest BCUT2D eigenvalue weighted by atomic mass is 9.74. The Kier molecular flexibility index (Phi) is 5.59. The molecule has 0 radical (unpaired) electrons. The van der Waals surface area contributed by atoms with Crippen molar-refractivity contribution < 1.29 is 9.53 Å². The van der Waals surface area contributed by atoms with Gasteiger partial charge in [0.05, 0.1) is 6.61 Å². The molecule has 1 fully saturated rings. The van der Waals surface area contributed by atoms with Gasteiger partial charge in [0.25, 0.3) is 0 Å². The van der Waals surface area contributed by atoms with Crippen molar-refractivity contribution in [2.24, 2.45) is 0 Å². The van der Waals surface area contributed by atoms with E-state index in [1.807, 2.05) is 12.1 Å². The Bertz CT molecular complexity index is 950. The van der Waals surface area contributed by atoms with Crippen LogP contribution >= 0.6 is 0 Å². The van der Waals surface area contributed by atoms with Gasteiger partial charge in [-0.2, -0.15) is 0 Å². The molecule has 2 aromatic carbocycles. The highest BCUT2D eigenvalue weighted by atomic mass is 16.5. The summed E-state index contributed by atoms with van der Waals surface area (Å²) in [7, 11) is 0. The van der Waals surface area contributed by atoms with Crippen LogP contribution in [-0.4, -0.2) is 24.7 Å². The Morgan fingerprint density at radius 3 is 2.80 bits per heavy atom. The number of para-hydroxylation sites is 1. The zero-order valence-electron chi connectivity index (χ0n) is 18.3. The monoisotopic (exact) mass is 404 g/mol. The first-order valence-electron chi connectivity index (χ1n) is 11.1. The quantitative estimate of drug-likeness (QED) is 0.638. The number of nitrogens with one attached hydrogen (secondary N) is 1. The van der Waals surface area contributed by atoms with Crippen molar-refractivity contribution in [3.05, 3.63) is 65.7 Å². The van der Waals surface area contributed by atoms with E-state index >= 15 is 0 Å². The third-order valence-corrected chi connectivity index (χ3v) is 6.53. The number of hydrogen-bond acceptors (Lipinski definition) is 3. The second-order valence-electron chi connectivity index (χ2n) is 8.82. The van der Waals surface area contributed by atoms with Crippen molar-refractivity contribution in [1.82, 2.24) is 5.32 Å². The minimum Gasteiger partial charge on any atom is -0.494 e. The zero-order chi connectivity index (χ0) is 21.2. The van der Waals surface area contributed by atoms with E-state index in [1.54, 1.807) is 0 Å². The fourth-order valence-corrected chi connectivity index (χ4v) is 4.79. The molecule has 4 nitrogen and oxygen atoms in total. The summed E-state index contributed by atoms with van der Waals surface area (Å²) in [6.07, 6.45) is 8.25. The molecule has 4 heteroatoms. The van der Waals surface area contributed by atoms with Crippen LogP contribution < -0.4 is 15.0 Å². The first kappa shape index (κ1) is 20.5. The summed E-state index contributed by atoms with van der Waals surface area (Å²) in [5.74, 6) is 0.994. The number of ether oxygens (including phenoxy) is 1. The lowest BCUT2D eigenvalue weighted by Crippen LogP contribution is -2.68. The molecule has 0 aliphatic carbocycles. The summed E-state index contributed by atoms with van der Waals surface area (Å²) in [5, 5.41) is 3.33. The van der Waals surface area contributed by atoms with Crippen LogP contribution in [0.2, 0.25) is 0 Å². The van der Waals surface area contributed by atoms with Gasteiger partial charge in [0.2, 0.25) is 5.91 Å². The van der Waals surface area contributed by atoms with Crippen LogP contribution in [0.4, 0.5) is 5.69 Å². The summed E-state index contributed by atoms with van der Waals surface area (Å²) >= 11 is 0. The van der Waals surface area contributed by atoms with E-state index < -0.39 is 5.66 Å². The first-order valence-corrected chi connectivity index (χ1v) is 11.1. The molecule has 158 valence electrons. The van der Waals surface area contributed by atoms with E-state index in [-0.39, 0.29) is 11.3 Å². The molecule has 0 spiro atoms. The number of benzene rings is 2. The van der Waals surface area contributed by atoms with Crippen LogP contribution in [0, 0.1) is 0 Å². The van der Waals surface area contributed by atoms with Crippen LogP contribution in [0.5, 0.6) is 5.75 Å². The van der Waals surface area contributed by atoms with Crippen molar-refractivity contribution in [3.63, 3.8) is 0 Å². The number of nitrogens with zero attached hydrogens (tertiary/aromatic N) is 1.